The van der Waals surface area contributed by atoms with Crippen molar-refractivity contribution >= 4 is 62.7 Å². The third kappa shape index (κ3) is 6.79. The molecule has 0 saturated carbocycles. The molecule has 0 radical (unpaired) electrons. The molecule has 4 heterocycles. The Balaban J connectivity index is 0.00000189. The van der Waals surface area contributed by atoms with E-state index in [9.17, 15) is 18.0 Å². The van der Waals surface area contributed by atoms with Gasteiger partial charge in [-0.3, -0.25) is 14.1 Å². The Morgan fingerprint density at radius 3 is 2.51 bits per heavy atom. The summed E-state index contributed by atoms with van der Waals surface area (Å²) >= 11 is 2.26. The number of nitrogens with zero attached hydrogens (tertiary/aromatic N) is 6. The molecule has 9 nitrogen and oxygen atoms in total. The van der Waals surface area contributed by atoms with Crippen LogP contribution in [0.4, 0.5) is 30.4 Å². The fraction of sp³-hybridized carbons (Fsp3) is 0.185. The van der Waals surface area contributed by atoms with E-state index in [1.165, 1.54) is 0 Å². The van der Waals surface area contributed by atoms with Crippen LogP contribution in [-0.4, -0.2) is 35.2 Å². The van der Waals surface area contributed by atoms with Gasteiger partial charge in [-0.25, -0.2) is 19.9 Å². The van der Waals surface area contributed by atoms with Crippen molar-refractivity contribution in [3.63, 3.8) is 0 Å². The number of hydrogen-bond donors (Lipinski definition) is 2. The summed E-state index contributed by atoms with van der Waals surface area (Å²) < 4.78 is 41.1. The van der Waals surface area contributed by atoms with Crippen LogP contribution in [0.3, 0.4) is 0 Å². The molecule has 0 aliphatic carbocycles. The van der Waals surface area contributed by atoms with Gasteiger partial charge in [0.15, 0.2) is 5.65 Å². The maximum Gasteiger partial charge on any atom is 0.416 e. The summed E-state index contributed by atoms with van der Waals surface area (Å²) in [5.41, 5.74) is 3.25. The number of carbonyl (C=O) groups is 1. The summed E-state index contributed by atoms with van der Waals surface area (Å²) in [4.78, 5) is 34.7. The first-order chi connectivity index (χ1) is 19.6. The van der Waals surface area contributed by atoms with Crippen molar-refractivity contribution < 1.29 is 18.0 Å². The lowest BCUT2D eigenvalue weighted by Gasteiger charge is -2.15. The van der Waals surface area contributed by atoms with Crippen molar-refractivity contribution in [3.8, 4) is 11.3 Å². The molecule has 0 spiro atoms. The zero-order valence-corrected chi connectivity index (χ0v) is 25.5. The van der Waals surface area contributed by atoms with E-state index >= 15 is 0 Å². The molecule has 0 saturated heterocycles. The van der Waals surface area contributed by atoms with Gasteiger partial charge in [-0.2, -0.15) is 13.2 Å². The Hall–Kier alpha value is -3.71. The van der Waals surface area contributed by atoms with Crippen molar-refractivity contribution in [1.29, 1.82) is 0 Å². The Morgan fingerprint density at radius 2 is 1.78 bits per heavy atom. The molecule has 2 N–H and O–H groups in total. The van der Waals surface area contributed by atoms with Crippen LogP contribution in [0.5, 0.6) is 0 Å². The van der Waals surface area contributed by atoms with Crippen LogP contribution < -0.4 is 10.6 Å². The third-order valence-electron chi connectivity index (χ3n) is 5.73. The first kappa shape index (κ1) is 30.3. The first-order valence-electron chi connectivity index (χ1n) is 12.4. The zero-order chi connectivity index (χ0) is 29.7. The molecule has 0 aliphatic rings. The van der Waals surface area contributed by atoms with Gasteiger partial charge in [0.1, 0.15) is 34.9 Å². The third-order valence-corrected chi connectivity index (χ3v) is 7.80. The van der Waals surface area contributed by atoms with Crippen LogP contribution in [0.25, 0.3) is 22.4 Å². The number of aromatic nitrogens is 6. The summed E-state index contributed by atoms with van der Waals surface area (Å²) in [5, 5.41) is 5.92. The van der Waals surface area contributed by atoms with Gasteiger partial charge in [0.25, 0.3) is 5.91 Å². The summed E-state index contributed by atoms with van der Waals surface area (Å²) in [5.74, 6) is 0.335. The van der Waals surface area contributed by atoms with E-state index in [4.69, 9.17) is 0 Å². The molecule has 0 bridgehead atoms. The summed E-state index contributed by atoms with van der Waals surface area (Å²) in [6, 6.07) is 10.3. The van der Waals surface area contributed by atoms with Gasteiger partial charge in [0.2, 0.25) is 0 Å². The van der Waals surface area contributed by atoms with Gasteiger partial charge in [-0.1, -0.05) is 19.9 Å². The van der Waals surface area contributed by atoms with E-state index in [-0.39, 0.29) is 5.69 Å². The molecule has 5 aromatic rings. The average Bonchev–Trinajstić information content (AvgIpc) is 3.38. The molecular formula is C27H25F3IN8OP. The highest BCUT2D eigenvalue weighted by atomic mass is 127. The number of fused-ring (bicyclic) bond motifs is 1. The highest BCUT2D eigenvalue weighted by Gasteiger charge is 2.31. The maximum absolute atomic E-state index is 13.1. The van der Waals surface area contributed by atoms with Crippen molar-refractivity contribution in [2.24, 2.45) is 0 Å². The molecule has 4 aromatic heterocycles. The molecular weight excluding hydrogens is 667 g/mol. The average molecular weight is 692 g/mol. The van der Waals surface area contributed by atoms with Crippen LogP contribution in [0.1, 0.15) is 41.3 Å². The van der Waals surface area contributed by atoms with E-state index in [1.54, 1.807) is 36.8 Å². The number of carbonyl (C=O) groups excluding carboxylic acids is 1. The largest absolute Gasteiger partial charge is 0.416 e. The molecule has 0 fully saturated rings. The van der Waals surface area contributed by atoms with Crippen LogP contribution in [0, 0.1) is 13.8 Å². The van der Waals surface area contributed by atoms with Gasteiger partial charge in [-0.15, -0.1) is 0 Å². The second-order valence-corrected chi connectivity index (χ2v) is 10.5. The molecule has 212 valence electrons. The van der Waals surface area contributed by atoms with Crippen LogP contribution in [0.15, 0.2) is 61.2 Å². The number of nitrogens with one attached hydrogen (secondary N) is 2. The van der Waals surface area contributed by atoms with Gasteiger partial charge in [0.05, 0.1) is 11.9 Å². The highest BCUT2D eigenvalue weighted by molar-refractivity contribution is 14.2. The Bertz CT molecular complexity index is 1710. The SMILES string of the molecule is CC.Cc1nc(-c2cccnc2Nc2cc(NC(=O)c3cc(C(F)(F)F)ccn3)ccc2C)c2ncn(PI)c2n1. The smallest absolute Gasteiger partial charge is 0.339 e. The van der Waals surface area contributed by atoms with Crippen molar-refractivity contribution in [1.82, 2.24) is 29.3 Å². The molecule has 1 aromatic carbocycles. The number of amides is 1. The minimum atomic E-state index is -4.58. The van der Waals surface area contributed by atoms with E-state index in [0.717, 1.165) is 23.5 Å². The molecule has 1 amide bonds. The number of anilines is 3. The molecule has 1 atom stereocenters. The van der Waals surface area contributed by atoms with Gasteiger partial charge >= 0.3 is 6.18 Å². The van der Waals surface area contributed by atoms with Crippen molar-refractivity contribution in [2.45, 2.75) is 33.9 Å². The van der Waals surface area contributed by atoms with E-state index in [2.05, 4.69) is 57.6 Å². The molecule has 14 heteroatoms. The standard InChI is InChI=1S/C25H19F3IN8OP.C2H6/c1-13-5-6-16(35-24(38)19-10-15(7-9-30-19)25(26,27)28)11-18(13)36-22-17(4-3-8-31-22)20-21-23(34-14(2)33-20)37(39-29)12-32-21;1-2/h3-12,39H,1-2H3,(H,31,36)(H,35,38);1-2H3. The Kier molecular flexibility index (Phi) is 9.49. The monoisotopic (exact) mass is 692 g/mol. The highest BCUT2D eigenvalue weighted by Crippen LogP contribution is 2.35. The number of benzene rings is 1. The van der Waals surface area contributed by atoms with Crippen LogP contribution in [-0.2, 0) is 6.18 Å². The number of hydrogen-bond acceptors (Lipinski definition) is 7. The fourth-order valence-corrected chi connectivity index (χ4v) is 5.24. The van der Waals surface area contributed by atoms with Gasteiger partial charge < -0.3 is 10.6 Å². The molecule has 5 rings (SSSR count). The number of rotatable bonds is 6. The normalized spacial score (nSPS) is 11.4. The minimum Gasteiger partial charge on any atom is -0.339 e. The summed E-state index contributed by atoms with van der Waals surface area (Å²) in [7, 11) is 0. The van der Waals surface area contributed by atoms with Crippen molar-refractivity contribution in [2.75, 3.05) is 10.6 Å². The van der Waals surface area contributed by atoms with E-state index < -0.39 is 17.6 Å². The van der Waals surface area contributed by atoms with Gasteiger partial charge in [0, 0.05) is 29.3 Å². The van der Waals surface area contributed by atoms with E-state index in [1.807, 2.05) is 38.1 Å². The second-order valence-electron chi connectivity index (χ2n) is 8.43. The maximum atomic E-state index is 13.1. The molecule has 0 aliphatic heterocycles. The van der Waals surface area contributed by atoms with Crippen molar-refractivity contribution in [3.05, 3.63) is 83.8 Å². The number of pyridine rings is 2. The topological polar surface area (TPSA) is 111 Å². The summed E-state index contributed by atoms with van der Waals surface area (Å²) in [6.07, 6.45) is 0.166. The zero-order valence-electron chi connectivity index (χ0n) is 22.4. The fourth-order valence-electron chi connectivity index (χ4n) is 3.84. The lowest BCUT2D eigenvalue weighted by atomic mass is 10.1. The number of imidazole rings is 1. The quantitative estimate of drug-likeness (QED) is 0.139. The second kappa shape index (κ2) is 12.9. The minimum absolute atomic E-state index is 0.346. The predicted molar refractivity (Wildman–Crippen MR) is 164 cm³/mol. The van der Waals surface area contributed by atoms with Gasteiger partial charge in [-0.05, 0) is 77.9 Å². The number of alkyl halides is 3. The van der Waals surface area contributed by atoms with E-state index in [0.29, 0.717) is 52.2 Å². The van der Waals surface area contributed by atoms with Crippen LogP contribution >= 0.6 is 28.4 Å². The van der Waals surface area contributed by atoms with Crippen LogP contribution in [0.2, 0.25) is 0 Å². The predicted octanol–water partition coefficient (Wildman–Crippen LogP) is 7.73. The first-order valence-corrected chi connectivity index (χ1v) is 16.5. The lowest BCUT2D eigenvalue weighted by molar-refractivity contribution is -0.137. The number of halogens is 4. The molecule has 41 heavy (non-hydrogen) atoms. The summed E-state index contributed by atoms with van der Waals surface area (Å²) in [6.45, 7) is 7.69. The Morgan fingerprint density at radius 1 is 1.00 bits per heavy atom. The molecule has 1 unspecified atom stereocenters. The number of aryl methyl sites for hydroxylation is 2. The Labute approximate surface area is 248 Å². The lowest BCUT2D eigenvalue weighted by Crippen LogP contribution is -2.15.